The van der Waals surface area contributed by atoms with E-state index >= 15 is 0 Å². The van der Waals surface area contributed by atoms with Gasteiger partial charge in [0, 0.05) is 12.1 Å². The van der Waals surface area contributed by atoms with Gasteiger partial charge in [-0.3, -0.25) is 0 Å². The molecule has 2 nitrogen and oxygen atoms in total. The molecule has 2 atom stereocenters. The molecular weight excluding hydrogens is 244 g/mol. The maximum Gasteiger partial charge on any atom is 0.0309 e. The predicted octanol–water partition coefficient (Wildman–Crippen LogP) is 4.06. The highest BCUT2D eigenvalue weighted by atomic mass is 15.2. The van der Waals surface area contributed by atoms with Crippen molar-refractivity contribution < 1.29 is 0 Å². The van der Waals surface area contributed by atoms with E-state index in [-0.39, 0.29) is 0 Å². The lowest BCUT2D eigenvalue weighted by Crippen LogP contribution is -2.50. The highest BCUT2D eigenvalue weighted by Crippen LogP contribution is 2.35. The molecule has 2 heteroatoms. The average molecular weight is 280 g/mol. The maximum absolute atomic E-state index is 3.84. The molecule has 20 heavy (non-hydrogen) atoms. The molecule has 0 aliphatic carbocycles. The fourth-order valence-electron chi connectivity index (χ4n) is 4.38. The van der Waals surface area contributed by atoms with Crippen LogP contribution in [-0.4, -0.2) is 36.6 Å². The van der Waals surface area contributed by atoms with Crippen molar-refractivity contribution in [1.29, 1.82) is 0 Å². The zero-order valence-electron chi connectivity index (χ0n) is 14.3. The van der Waals surface area contributed by atoms with Crippen LogP contribution in [0.2, 0.25) is 0 Å². The van der Waals surface area contributed by atoms with Crippen molar-refractivity contribution >= 4 is 0 Å². The van der Waals surface area contributed by atoms with Crippen LogP contribution in [0.5, 0.6) is 0 Å². The van der Waals surface area contributed by atoms with Gasteiger partial charge >= 0.3 is 0 Å². The number of nitrogens with one attached hydrogen (secondary N) is 1. The van der Waals surface area contributed by atoms with Crippen LogP contribution < -0.4 is 5.32 Å². The van der Waals surface area contributed by atoms with Crippen molar-refractivity contribution in [2.45, 2.75) is 78.2 Å². The monoisotopic (exact) mass is 280 g/mol. The molecule has 1 N–H and O–H groups in total. The minimum Gasteiger partial charge on any atom is -0.310 e. The summed E-state index contributed by atoms with van der Waals surface area (Å²) in [4.78, 5) is 2.76. The van der Waals surface area contributed by atoms with Gasteiger partial charge in [0.25, 0.3) is 0 Å². The molecule has 2 aliphatic rings. The Morgan fingerprint density at radius 3 is 2.55 bits per heavy atom. The Morgan fingerprint density at radius 1 is 1.15 bits per heavy atom. The minimum atomic E-state index is 0.441. The van der Waals surface area contributed by atoms with Gasteiger partial charge in [-0.15, -0.1) is 0 Å². The summed E-state index contributed by atoms with van der Waals surface area (Å²) in [5.74, 6) is 0.908. The fourth-order valence-corrected chi connectivity index (χ4v) is 4.38. The zero-order valence-corrected chi connectivity index (χ0v) is 14.3. The summed E-state index contributed by atoms with van der Waals surface area (Å²) in [7, 11) is 0. The highest BCUT2D eigenvalue weighted by Gasteiger charge is 2.35. The van der Waals surface area contributed by atoms with E-state index in [2.05, 4.69) is 37.9 Å². The van der Waals surface area contributed by atoms with Gasteiger partial charge in [-0.05, 0) is 69.5 Å². The third-order valence-electron chi connectivity index (χ3n) is 5.63. The predicted molar refractivity (Wildman–Crippen MR) is 88.1 cm³/mol. The molecule has 0 radical (unpaired) electrons. The fraction of sp³-hybridized carbons (Fsp3) is 1.00. The molecule has 0 aromatic heterocycles. The third-order valence-corrected chi connectivity index (χ3v) is 5.63. The zero-order chi connectivity index (χ0) is 14.6. The summed E-state index contributed by atoms with van der Waals surface area (Å²) >= 11 is 0. The first-order valence-electron chi connectivity index (χ1n) is 8.93. The van der Waals surface area contributed by atoms with Crippen molar-refractivity contribution in [3.63, 3.8) is 0 Å². The Hall–Kier alpha value is -0.0800. The second-order valence-electron chi connectivity index (χ2n) is 8.33. The summed E-state index contributed by atoms with van der Waals surface area (Å²) in [5, 5.41) is 3.84. The summed E-state index contributed by atoms with van der Waals surface area (Å²) < 4.78 is 0. The molecule has 0 bridgehead atoms. The van der Waals surface area contributed by atoms with Gasteiger partial charge in [-0.1, -0.05) is 34.1 Å². The Bertz CT molecular complexity index is 286. The van der Waals surface area contributed by atoms with E-state index in [4.69, 9.17) is 0 Å². The van der Waals surface area contributed by atoms with Crippen LogP contribution in [0.4, 0.5) is 0 Å². The number of hydrogen-bond acceptors (Lipinski definition) is 2. The molecule has 2 fully saturated rings. The van der Waals surface area contributed by atoms with Crippen LogP contribution in [0.15, 0.2) is 0 Å². The Balaban J connectivity index is 1.90. The molecule has 0 saturated carbocycles. The second-order valence-corrected chi connectivity index (χ2v) is 8.33. The third kappa shape index (κ3) is 4.21. The van der Waals surface area contributed by atoms with Gasteiger partial charge < -0.3 is 10.2 Å². The first-order chi connectivity index (χ1) is 9.45. The smallest absolute Gasteiger partial charge is 0.0309 e. The molecular formula is C18H36N2. The van der Waals surface area contributed by atoms with Gasteiger partial charge in [0.15, 0.2) is 0 Å². The van der Waals surface area contributed by atoms with Crippen molar-refractivity contribution in [2.75, 3.05) is 26.2 Å². The molecule has 2 rings (SSSR count). The van der Waals surface area contributed by atoms with Crippen LogP contribution in [0.1, 0.15) is 72.6 Å². The SMILES string of the molecule is CCCC1(CN2CCCC(C(C)(C)C)CC2)CCCN1. The van der Waals surface area contributed by atoms with Crippen LogP contribution in [0.25, 0.3) is 0 Å². The number of likely N-dealkylation sites (tertiary alicyclic amines) is 1. The average Bonchev–Trinajstić information content (AvgIpc) is 2.67. The second kappa shape index (κ2) is 6.79. The normalized spacial score (nSPS) is 33.3. The van der Waals surface area contributed by atoms with E-state index < -0.39 is 0 Å². The molecule has 0 aromatic carbocycles. The van der Waals surface area contributed by atoms with Crippen LogP contribution in [0.3, 0.4) is 0 Å². The molecule has 0 aromatic rings. The number of nitrogens with zero attached hydrogens (tertiary/aromatic N) is 1. The highest BCUT2D eigenvalue weighted by molar-refractivity contribution is 4.95. The van der Waals surface area contributed by atoms with E-state index in [9.17, 15) is 0 Å². The van der Waals surface area contributed by atoms with E-state index in [1.54, 1.807) is 0 Å². The van der Waals surface area contributed by atoms with Gasteiger partial charge in [0.05, 0.1) is 0 Å². The molecule has 2 saturated heterocycles. The van der Waals surface area contributed by atoms with E-state index in [1.165, 1.54) is 71.1 Å². The molecule has 2 aliphatic heterocycles. The van der Waals surface area contributed by atoms with E-state index in [1.807, 2.05) is 0 Å². The molecule has 2 unspecified atom stereocenters. The lowest BCUT2D eigenvalue weighted by molar-refractivity contribution is 0.175. The van der Waals surface area contributed by atoms with Gasteiger partial charge in [0.1, 0.15) is 0 Å². The Labute approximate surface area is 126 Å². The molecule has 0 spiro atoms. The summed E-state index contributed by atoms with van der Waals surface area (Å²) in [6, 6.07) is 0. The van der Waals surface area contributed by atoms with Crippen molar-refractivity contribution in [3.8, 4) is 0 Å². The maximum atomic E-state index is 3.84. The van der Waals surface area contributed by atoms with E-state index in [0.29, 0.717) is 11.0 Å². The molecule has 2 heterocycles. The van der Waals surface area contributed by atoms with Gasteiger partial charge in [-0.25, -0.2) is 0 Å². The Kier molecular flexibility index (Phi) is 5.53. The topological polar surface area (TPSA) is 15.3 Å². The van der Waals surface area contributed by atoms with Gasteiger partial charge in [0.2, 0.25) is 0 Å². The van der Waals surface area contributed by atoms with Crippen LogP contribution in [0, 0.1) is 11.3 Å². The molecule has 0 amide bonds. The lowest BCUT2D eigenvalue weighted by Gasteiger charge is -2.35. The largest absolute Gasteiger partial charge is 0.310 e. The quantitative estimate of drug-likeness (QED) is 0.835. The number of hydrogen-bond donors (Lipinski definition) is 1. The van der Waals surface area contributed by atoms with Crippen LogP contribution in [-0.2, 0) is 0 Å². The molecule has 118 valence electrons. The van der Waals surface area contributed by atoms with Crippen molar-refractivity contribution in [1.82, 2.24) is 10.2 Å². The standard InChI is InChI=1S/C18H36N2/c1-5-10-18(11-7-12-19-18)15-20-13-6-8-16(9-14-20)17(2,3)4/h16,19H,5-15H2,1-4H3. The summed E-state index contributed by atoms with van der Waals surface area (Å²) in [5.41, 5.74) is 0.930. The first kappa shape index (κ1) is 16.3. The van der Waals surface area contributed by atoms with Crippen molar-refractivity contribution in [2.24, 2.45) is 11.3 Å². The van der Waals surface area contributed by atoms with Gasteiger partial charge in [-0.2, -0.15) is 0 Å². The van der Waals surface area contributed by atoms with Crippen LogP contribution >= 0.6 is 0 Å². The minimum absolute atomic E-state index is 0.441. The Morgan fingerprint density at radius 2 is 1.95 bits per heavy atom. The first-order valence-corrected chi connectivity index (χ1v) is 8.93. The van der Waals surface area contributed by atoms with Crippen molar-refractivity contribution in [3.05, 3.63) is 0 Å². The summed E-state index contributed by atoms with van der Waals surface area (Å²) in [6.07, 6.45) is 9.64. The number of rotatable bonds is 4. The van der Waals surface area contributed by atoms with E-state index in [0.717, 1.165) is 5.92 Å². The summed E-state index contributed by atoms with van der Waals surface area (Å²) in [6.45, 7) is 14.8. The lowest BCUT2D eigenvalue weighted by atomic mass is 9.77.